The zero-order valence-corrected chi connectivity index (χ0v) is 16.5. The molecule has 0 saturated carbocycles. The Morgan fingerprint density at radius 2 is 1.67 bits per heavy atom. The van der Waals surface area contributed by atoms with Crippen LogP contribution in [0, 0.1) is 10.8 Å². The van der Waals surface area contributed by atoms with Crippen LogP contribution in [0.5, 0.6) is 0 Å². The second-order valence-electron chi connectivity index (χ2n) is 9.33. The van der Waals surface area contributed by atoms with E-state index in [0.717, 1.165) is 0 Å². The highest BCUT2D eigenvalue weighted by molar-refractivity contribution is 5.75. The number of rotatable bonds is 3. The smallest absolute Gasteiger partial charge is 0.0113 e. The lowest BCUT2D eigenvalue weighted by Gasteiger charge is -2.48. The molecule has 2 aliphatic carbocycles. The van der Waals surface area contributed by atoms with Crippen LogP contribution in [0.25, 0.3) is 5.57 Å². The van der Waals surface area contributed by atoms with E-state index in [9.17, 15) is 0 Å². The first-order chi connectivity index (χ1) is 11.2. The van der Waals surface area contributed by atoms with Gasteiger partial charge >= 0.3 is 0 Å². The molecule has 0 aromatic heterocycles. The first kappa shape index (κ1) is 17.5. The van der Waals surface area contributed by atoms with Gasteiger partial charge < -0.3 is 0 Å². The molecule has 0 fully saturated rings. The number of benzene rings is 1. The monoisotopic (exact) mass is 322 g/mol. The Balaban J connectivity index is 1.98. The van der Waals surface area contributed by atoms with Gasteiger partial charge in [-0.05, 0) is 59.6 Å². The lowest BCUT2D eigenvalue weighted by Crippen LogP contribution is -2.35. The summed E-state index contributed by atoms with van der Waals surface area (Å²) in [7, 11) is 0. The molecule has 0 radical (unpaired) electrons. The molecule has 0 bridgehead atoms. The summed E-state index contributed by atoms with van der Waals surface area (Å²) in [5, 5.41) is 0. The van der Waals surface area contributed by atoms with Crippen molar-refractivity contribution < 1.29 is 0 Å². The molecule has 0 heteroatoms. The largest absolute Gasteiger partial charge is 0.0839 e. The van der Waals surface area contributed by atoms with Gasteiger partial charge in [-0.15, -0.1) is 0 Å². The van der Waals surface area contributed by atoms with Crippen molar-refractivity contribution in [3.8, 4) is 0 Å². The molecule has 0 aliphatic heterocycles. The highest BCUT2D eigenvalue weighted by Gasteiger charge is 2.43. The van der Waals surface area contributed by atoms with E-state index in [4.69, 9.17) is 0 Å². The van der Waals surface area contributed by atoms with Gasteiger partial charge in [0.25, 0.3) is 0 Å². The minimum atomic E-state index is 0.148. The third-order valence-electron chi connectivity index (χ3n) is 6.90. The SMILES string of the molecule is CCC(C)(C)c1ccc(C2=CC[C@]3(C)CCCC=C3C2(C)C)cc1. The van der Waals surface area contributed by atoms with E-state index in [0.29, 0.717) is 5.41 Å². The Kier molecular flexibility index (Phi) is 4.31. The van der Waals surface area contributed by atoms with Crippen LogP contribution in [-0.2, 0) is 5.41 Å². The molecule has 0 nitrogen and oxygen atoms in total. The van der Waals surface area contributed by atoms with Gasteiger partial charge in [-0.25, -0.2) is 0 Å². The number of hydrogen-bond donors (Lipinski definition) is 0. The normalized spacial score (nSPS) is 26.4. The van der Waals surface area contributed by atoms with E-state index < -0.39 is 0 Å². The van der Waals surface area contributed by atoms with Gasteiger partial charge in [0, 0.05) is 5.41 Å². The molecule has 1 atom stereocenters. The molecule has 0 heterocycles. The van der Waals surface area contributed by atoms with Gasteiger partial charge in [0.15, 0.2) is 0 Å². The predicted octanol–water partition coefficient (Wildman–Crippen LogP) is 7.30. The van der Waals surface area contributed by atoms with Gasteiger partial charge in [-0.2, -0.15) is 0 Å². The molecule has 0 amide bonds. The number of allylic oxidation sites excluding steroid dienone is 4. The zero-order chi connectivity index (χ0) is 17.6. The predicted molar refractivity (Wildman–Crippen MR) is 106 cm³/mol. The number of fused-ring (bicyclic) bond motifs is 1. The van der Waals surface area contributed by atoms with Crippen LogP contribution in [0.15, 0.2) is 42.0 Å². The standard InChI is InChI=1S/C24H34/c1-7-22(2,3)19-13-11-18(12-14-19)20-15-17-24(6)16-9-8-10-21(24)23(20,4)5/h10-15H,7-9,16-17H2,1-6H3/t24-/m0/s1. The lowest BCUT2D eigenvalue weighted by molar-refractivity contribution is 0.278. The minimum absolute atomic E-state index is 0.148. The Morgan fingerprint density at radius 1 is 1.00 bits per heavy atom. The van der Waals surface area contributed by atoms with Crippen molar-refractivity contribution in [3.05, 3.63) is 53.1 Å². The van der Waals surface area contributed by atoms with Crippen molar-refractivity contribution >= 4 is 5.57 Å². The molecule has 2 aliphatic rings. The summed E-state index contributed by atoms with van der Waals surface area (Å²) in [5.74, 6) is 0. The molecule has 0 unspecified atom stereocenters. The van der Waals surface area contributed by atoms with Crippen molar-refractivity contribution in [2.45, 2.75) is 79.1 Å². The van der Waals surface area contributed by atoms with Gasteiger partial charge in [-0.1, -0.05) is 83.5 Å². The van der Waals surface area contributed by atoms with Crippen LogP contribution in [0.3, 0.4) is 0 Å². The highest BCUT2D eigenvalue weighted by atomic mass is 14.5. The second kappa shape index (κ2) is 5.90. The summed E-state index contributed by atoms with van der Waals surface area (Å²) in [6, 6.07) is 9.40. The third-order valence-corrected chi connectivity index (χ3v) is 6.90. The van der Waals surface area contributed by atoms with Crippen LogP contribution < -0.4 is 0 Å². The van der Waals surface area contributed by atoms with Gasteiger partial charge in [-0.3, -0.25) is 0 Å². The molecular formula is C24H34. The van der Waals surface area contributed by atoms with E-state index >= 15 is 0 Å². The van der Waals surface area contributed by atoms with Crippen molar-refractivity contribution in [1.82, 2.24) is 0 Å². The fraction of sp³-hybridized carbons (Fsp3) is 0.583. The van der Waals surface area contributed by atoms with Gasteiger partial charge in [0.2, 0.25) is 0 Å². The Hall–Kier alpha value is -1.30. The summed E-state index contributed by atoms with van der Waals surface area (Å²) < 4.78 is 0. The highest BCUT2D eigenvalue weighted by Crippen LogP contribution is 2.57. The fourth-order valence-corrected chi connectivity index (χ4v) is 4.85. The van der Waals surface area contributed by atoms with Crippen LogP contribution in [0.4, 0.5) is 0 Å². The maximum absolute atomic E-state index is 2.55. The molecular weight excluding hydrogens is 288 g/mol. The first-order valence-electron chi connectivity index (χ1n) is 9.73. The van der Waals surface area contributed by atoms with Crippen molar-refractivity contribution in [1.29, 1.82) is 0 Å². The van der Waals surface area contributed by atoms with Crippen LogP contribution in [-0.4, -0.2) is 0 Å². The maximum atomic E-state index is 2.55. The van der Waals surface area contributed by atoms with E-state index in [2.05, 4.69) is 78.0 Å². The maximum Gasteiger partial charge on any atom is 0.0113 e. The molecule has 130 valence electrons. The van der Waals surface area contributed by atoms with Gasteiger partial charge in [0.05, 0.1) is 0 Å². The Morgan fingerprint density at radius 3 is 2.29 bits per heavy atom. The van der Waals surface area contributed by atoms with E-state index in [1.807, 2.05) is 0 Å². The molecule has 0 spiro atoms. The summed E-state index contributed by atoms with van der Waals surface area (Å²) in [6.07, 6.45) is 11.4. The quantitative estimate of drug-likeness (QED) is 0.512. The molecule has 0 saturated heterocycles. The minimum Gasteiger partial charge on any atom is -0.0839 e. The molecule has 3 rings (SSSR count). The summed E-state index contributed by atoms with van der Waals surface area (Å²) in [6.45, 7) is 14.3. The van der Waals surface area contributed by atoms with E-state index in [-0.39, 0.29) is 10.8 Å². The summed E-state index contributed by atoms with van der Waals surface area (Å²) in [5.41, 5.74) is 6.85. The van der Waals surface area contributed by atoms with Crippen LogP contribution in [0.2, 0.25) is 0 Å². The van der Waals surface area contributed by atoms with Crippen molar-refractivity contribution in [2.24, 2.45) is 10.8 Å². The average molecular weight is 323 g/mol. The molecule has 1 aromatic rings. The first-order valence-corrected chi connectivity index (χ1v) is 9.73. The van der Waals surface area contributed by atoms with E-state index in [1.165, 1.54) is 48.8 Å². The zero-order valence-electron chi connectivity index (χ0n) is 16.5. The Bertz CT molecular complexity index is 666. The molecule has 1 aromatic carbocycles. The average Bonchev–Trinajstić information content (AvgIpc) is 2.54. The fourth-order valence-electron chi connectivity index (χ4n) is 4.85. The molecule has 24 heavy (non-hydrogen) atoms. The topological polar surface area (TPSA) is 0 Å². The van der Waals surface area contributed by atoms with E-state index in [1.54, 1.807) is 5.57 Å². The summed E-state index contributed by atoms with van der Waals surface area (Å²) >= 11 is 0. The van der Waals surface area contributed by atoms with Gasteiger partial charge in [0.1, 0.15) is 0 Å². The Labute approximate surface area is 149 Å². The number of hydrogen-bond acceptors (Lipinski definition) is 0. The van der Waals surface area contributed by atoms with Crippen LogP contribution >= 0.6 is 0 Å². The van der Waals surface area contributed by atoms with Crippen LogP contribution in [0.1, 0.15) is 84.8 Å². The van der Waals surface area contributed by atoms with Crippen molar-refractivity contribution in [2.75, 3.05) is 0 Å². The second-order valence-corrected chi connectivity index (χ2v) is 9.33. The third kappa shape index (κ3) is 2.79. The van der Waals surface area contributed by atoms with Crippen molar-refractivity contribution in [3.63, 3.8) is 0 Å². The lowest BCUT2D eigenvalue weighted by atomic mass is 9.56. The molecule has 0 N–H and O–H groups in total. The summed E-state index contributed by atoms with van der Waals surface area (Å²) in [4.78, 5) is 0.